The molecule has 0 saturated carbocycles. The first kappa shape index (κ1) is 13.4. The summed E-state index contributed by atoms with van der Waals surface area (Å²) in [6.07, 6.45) is 1.06. The first-order chi connectivity index (χ1) is 7.20. The van der Waals surface area contributed by atoms with Crippen LogP contribution in [0.1, 0.15) is 21.5 Å². The van der Waals surface area contributed by atoms with Crippen LogP contribution in [0.5, 0.6) is 0 Å². The van der Waals surface area contributed by atoms with E-state index in [-0.39, 0.29) is 5.78 Å². The number of halogens is 1. The molecule has 1 aromatic carbocycles. The second-order valence-electron chi connectivity index (χ2n) is 3.91. The molecule has 0 atom stereocenters. The van der Waals surface area contributed by atoms with Crippen molar-refractivity contribution in [3.8, 4) is 0 Å². The monoisotopic (exact) mass is 304 g/mol. The summed E-state index contributed by atoms with van der Waals surface area (Å²) >= 11 is 3.36. The predicted octanol–water partition coefficient (Wildman–Crippen LogP) is 2.29. The van der Waals surface area contributed by atoms with Crippen molar-refractivity contribution >= 4 is 31.6 Å². The van der Waals surface area contributed by atoms with Crippen LogP contribution in [0, 0.1) is 13.8 Å². The van der Waals surface area contributed by atoms with Crippen molar-refractivity contribution in [2.45, 2.75) is 13.8 Å². The quantitative estimate of drug-likeness (QED) is 0.805. The highest BCUT2D eigenvalue weighted by Crippen LogP contribution is 2.21. The second kappa shape index (κ2) is 4.67. The molecule has 0 aliphatic rings. The van der Waals surface area contributed by atoms with Gasteiger partial charge in [0.1, 0.15) is 5.75 Å². The molecule has 16 heavy (non-hydrogen) atoms. The van der Waals surface area contributed by atoms with Gasteiger partial charge < -0.3 is 0 Å². The van der Waals surface area contributed by atoms with Gasteiger partial charge in [0.15, 0.2) is 15.6 Å². The molecule has 0 aliphatic heterocycles. The Balaban J connectivity index is 3.15. The molecular formula is C11H13BrO3S. The number of hydrogen-bond acceptors (Lipinski definition) is 3. The highest BCUT2D eigenvalue weighted by molar-refractivity contribution is 9.10. The summed E-state index contributed by atoms with van der Waals surface area (Å²) in [6.45, 7) is 3.65. The summed E-state index contributed by atoms with van der Waals surface area (Å²) < 4.78 is 23.0. The minimum absolute atomic E-state index is 0.351. The van der Waals surface area contributed by atoms with E-state index in [2.05, 4.69) is 15.9 Å². The van der Waals surface area contributed by atoms with Crippen LogP contribution in [-0.4, -0.2) is 26.2 Å². The Kier molecular flexibility index (Phi) is 3.91. The minimum Gasteiger partial charge on any atom is -0.293 e. The van der Waals surface area contributed by atoms with E-state index in [0.29, 0.717) is 5.56 Å². The van der Waals surface area contributed by atoms with Crippen LogP contribution < -0.4 is 0 Å². The minimum atomic E-state index is -3.27. The molecule has 88 valence electrons. The number of ketones is 1. The largest absolute Gasteiger partial charge is 0.293 e. The number of Topliss-reactive ketones (excluding diaryl/α,β-unsaturated/α-hetero) is 1. The molecule has 0 N–H and O–H groups in total. The lowest BCUT2D eigenvalue weighted by Crippen LogP contribution is -2.15. The van der Waals surface area contributed by atoms with Gasteiger partial charge in [-0.25, -0.2) is 8.42 Å². The average Bonchev–Trinajstić information content (AvgIpc) is 2.08. The number of aryl methyl sites for hydroxylation is 2. The maximum atomic E-state index is 11.8. The van der Waals surface area contributed by atoms with E-state index in [9.17, 15) is 13.2 Å². The lowest BCUT2D eigenvalue weighted by atomic mass is 10.0. The van der Waals surface area contributed by atoms with Crippen LogP contribution in [0.2, 0.25) is 0 Å². The molecule has 5 heteroatoms. The third-order valence-corrected chi connectivity index (χ3v) is 3.84. The van der Waals surface area contributed by atoms with Crippen LogP contribution >= 0.6 is 15.9 Å². The number of hydrogen-bond donors (Lipinski definition) is 0. The lowest BCUT2D eigenvalue weighted by molar-refractivity contribution is 0.102. The van der Waals surface area contributed by atoms with Crippen molar-refractivity contribution in [2.75, 3.05) is 12.0 Å². The molecule has 0 bridgehead atoms. The van der Waals surface area contributed by atoms with Gasteiger partial charge in [-0.15, -0.1) is 0 Å². The number of benzene rings is 1. The standard InChI is InChI=1S/C11H13BrO3S/c1-7-5-10(12)8(2)4-9(7)11(13)6-16(3,14)15/h4-5H,6H2,1-3H3. The Morgan fingerprint density at radius 2 is 1.81 bits per heavy atom. The third kappa shape index (κ3) is 3.42. The molecule has 0 unspecified atom stereocenters. The third-order valence-electron chi connectivity index (χ3n) is 2.20. The van der Waals surface area contributed by atoms with Crippen LogP contribution in [0.15, 0.2) is 16.6 Å². The highest BCUT2D eigenvalue weighted by atomic mass is 79.9. The van der Waals surface area contributed by atoms with Crippen molar-refractivity contribution in [1.82, 2.24) is 0 Å². The topological polar surface area (TPSA) is 51.2 Å². The normalized spacial score (nSPS) is 11.5. The van der Waals surface area contributed by atoms with Crippen LogP contribution in [0.25, 0.3) is 0 Å². The smallest absolute Gasteiger partial charge is 0.178 e. The summed E-state index contributed by atoms with van der Waals surface area (Å²) in [6, 6.07) is 3.54. The molecule has 0 heterocycles. The van der Waals surface area contributed by atoms with Gasteiger partial charge in [0, 0.05) is 16.3 Å². The van der Waals surface area contributed by atoms with Gasteiger partial charge in [-0.1, -0.05) is 15.9 Å². The predicted molar refractivity (Wildman–Crippen MR) is 67.7 cm³/mol. The fourth-order valence-electron chi connectivity index (χ4n) is 1.40. The summed E-state index contributed by atoms with van der Waals surface area (Å²) in [5.74, 6) is -0.787. The van der Waals surface area contributed by atoms with E-state index in [0.717, 1.165) is 21.9 Å². The Labute approximate surface area is 104 Å². The van der Waals surface area contributed by atoms with E-state index >= 15 is 0 Å². The zero-order valence-corrected chi connectivity index (χ0v) is 11.8. The zero-order chi connectivity index (χ0) is 12.5. The molecular weight excluding hydrogens is 292 g/mol. The van der Waals surface area contributed by atoms with Crippen LogP contribution in [0.3, 0.4) is 0 Å². The van der Waals surface area contributed by atoms with E-state index in [4.69, 9.17) is 0 Å². The first-order valence-corrected chi connectivity index (χ1v) is 7.54. The molecule has 0 aromatic heterocycles. The van der Waals surface area contributed by atoms with E-state index in [1.54, 1.807) is 13.0 Å². The number of rotatable bonds is 3. The molecule has 3 nitrogen and oxygen atoms in total. The Bertz CT molecular complexity index is 532. The number of sulfone groups is 1. The van der Waals surface area contributed by atoms with Crippen molar-refractivity contribution < 1.29 is 13.2 Å². The van der Waals surface area contributed by atoms with Crippen molar-refractivity contribution in [3.63, 3.8) is 0 Å². The maximum Gasteiger partial charge on any atom is 0.178 e. The van der Waals surface area contributed by atoms with Gasteiger partial charge in [0.05, 0.1) is 0 Å². The Hall–Kier alpha value is -0.680. The van der Waals surface area contributed by atoms with E-state index in [1.165, 1.54) is 0 Å². The molecule has 0 fully saturated rings. The van der Waals surface area contributed by atoms with Crippen molar-refractivity contribution in [3.05, 3.63) is 33.3 Å². The van der Waals surface area contributed by atoms with Gasteiger partial charge in [0.25, 0.3) is 0 Å². The number of carbonyl (C=O) groups excluding carboxylic acids is 1. The Morgan fingerprint density at radius 3 is 2.31 bits per heavy atom. The van der Waals surface area contributed by atoms with Crippen LogP contribution in [0.4, 0.5) is 0 Å². The summed E-state index contributed by atoms with van der Waals surface area (Å²) in [5, 5.41) is 0. The summed E-state index contributed by atoms with van der Waals surface area (Å²) in [7, 11) is -3.27. The van der Waals surface area contributed by atoms with Crippen LogP contribution in [-0.2, 0) is 9.84 Å². The van der Waals surface area contributed by atoms with Gasteiger partial charge in [-0.05, 0) is 37.1 Å². The van der Waals surface area contributed by atoms with Gasteiger partial charge in [-0.3, -0.25) is 4.79 Å². The molecule has 0 saturated heterocycles. The SMILES string of the molecule is Cc1cc(C(=O)CS(C)(=O)=O)c(C)cc1Br. The van der Waals surface area contributed by atoms with E-state index in [1.807, 2.05) is 13.0 Å². The molecule has 0 aliphatic carbocycles. The van der Waals surface area contributed by atoms with Gasteiger partial charge in [0.2, 0.25) is 0 Å². The van der Waals surface area contributed by atoms with Gasteiger partial charge >= 0.3 is 0 Å². The highest BCUT2D eigenvalue weighted by Gasteiger charge is 2.16. The molecule has 0 radical (unpaired) electrons. The second-order valence-corrected chi connectivity index (χ2v) is 6.90. The Morgan fingerprint density at radius 1 is 1.25 bits per heavy atom. The molecule has 0 amide bonds. The maximum absolute atomic E-state index is 11.8. The molecule has 1 rings (SSSR count). The lowest BCUT2D eigenvalue weighted by Gasteiger charge is -2.07. The average molecular weight is 305 g/mol. The van der Waals surface area contributed by atoms with Crippen molar-refractivity contribution in [1.29, 1.82) is 0 Å². The van der Waals surface area contributed by atoms with E-state index < -0.39 is 15.6 Å². The fourth-order valence-corrected chi connectivity index (χ4v) is 2.49. The fraction of sp³-hybridized carbons (Fsp3) is 0.364. The zero-order valence-electron chi connectivity index (χ0n) is 9.37. The first-order valence-electron chi connectivity index (χ1n) is 4.68. The van der Waals surface area contributed by atoms with Crippen molar-refractivity contribution in [2.24, 2.45) is 0 Å². The summed E-state index contributed by atoms with van der Waals surface area (Å²) in [4.78, 5) is 11.8. The molecule has 1 aromatic rings. The number of carbonyl (C=O) groups is 1. The summed E-state index contributed by atoms with van der Waals surface area (Å²) in [5.41, 5.74) is 2.18. The molecule has 0 spiro atoms. The van der Waals surface area contributed by atoms with Gasteiger partial charge in [-0.2, -0.15) is 0 Å².